The van der Waals surface area contributed by atoms with Gasteiger partial charge in [0.15, 0.2) is 0 Å². The monoisotopic (exact) mass is 335 g/mol. The van der Waals surface area contributed by atoms with Crippen LogP contribution in [0.2, 0.25) is 0 Å². The van der Waals surface area contributed by atoms with Crippen LogP contribution in [-0.2, 0) is 0 Å². The van der Waals surface area contributed by atoms with E-state index < -0.39 is 5.60 Å². The highest BCUT2D eigenvalue weighted by Gasteiger charge is 2.38. The smallest absolute Gasteiger partial charge is 0.322 e. The molecular formula is C18H26FN3O2. The lowest BCUT2D eigenvalue weighted by molar-refractivity contribution is 0.0117. The maximum atomic E-state index is 14.3. The lowest BCUT2D eigenvalue weighted by Crippen LogP contribution is -2.49. The standard InChI is InChI=1S/C18H26FN3O2/c1-18(2,24)16-6-5-11-22(16)17(23)20-13-7-8-15(14(19)12-13)21-9-3-4-10-21/h7-8,12,16,24H,3-6,9-11H2,1-2H3,(H,20,23). The van der Waals surface area contributed by atoms with Gasteiger partial charge < -0.3 is 20.2 Å². The van der Waals surface area contributed by atoms with Gasteiger partial charge in [-0.25, -0.2) is 9.18 Å². The van der Waals surface area contributed by atoms with Crippen molar-refractivity contribution in [3.05, 3.63) is 24.0 Å². The molecule has 5 nitrogen and oxygen atoms in total. The molecule has 0 aliphatic carbocycles. The first-order valence-corrected chi connectivity index (χ1v) is 8.71. The van der Waals surface area contributed by atoms with Gasteiger partial charge in [0.2, 0.25) is 0 Å². The van der Waals surface area contributed by atoms with Crippen molar-refractivity contribution in [2.45, 2.75) is 51.2 Å². The number of halogens is 1. The van der Waals surface area contributed by atoms with Crippen molar-refractivity contribution < 1.29 is 14.3 Å². The van der Waals surface area contributed by atoms with E-state index >= 15 is 0 Å². The molecule has 1 atom stereocenters. The number of carbonyl (C=O) groups is 1. The summed E-state index contributed by atoms with van der Waals surface area (Å²) in [6.07, 6.45) is 3.82. The summed E-state index contributed by atoms with van der Waals surface area (Å²) in [5.41, 5.74) is 0.0986. The number of benzene rings is 1. The second-order valence-electron chi connectivity index (χ2n) is 7.30. The van der Waals surface area contributed by atoms with E-state index in [9.17, 15) is 14.3 Å². The predicted octanol–water partition coefficient (Wildman–Crippen LogP) is 3.19. The van der Waals surface area contributed by atoms with E-state index in [1.54, 1.807) is 30.9 Å². The molecular weight excluding hydrogens is 309 g/mol. The van der Waals surface area contributed by atoms with Crippen LogP contribution in [0.25, 0.3) is 0 Å². The molecule has 0 spiro atoms. The molecule has 24 heavy (non-hydrogen) atoms. The third-order valence-electron chi connectivity index (χ3n) is 4.97. The van der Waals surface area contributed by atoms with Crippen molar-refractivity contribution in [1.29, 1.82) is 0 Å². The highest BCUT2D eigenvalue weighted by molar-refractivity contribution is 5.90. The number of hydrogen-bond acceptors (Lipinski definition) is 3. The van der Waals surface area contributed by atoms with Crippen LogP contribution in [0.3, 0.4) is 0 Å². The summed E-state index contributed by atoms with van der Waals surface area (Å²) in [4.78, 5) is 16.2. The van der Waals surface area contributed by atoms with Gasteiger partial charge in [0, 0.05) is 25.3 Å². The average Bonchev–Trinajstić information content (AvgIpc) is 3.18. The lowest BCUT2D eigenvalue weighted by atomic mass is 9.97. The first kappa shape index (κ1) is 17.0. The minimum Gasteiger partial charge on any atom is -0.388 e. The summed E-state index contributed by atoms with van der Waals surface area (Å²) >= 11 is 0. The van der Waals surface area contributed by atoms with E-state index in [0.717, 1.165) is 38.8 Å². The molecule has 1 aromatic rings. The van der Waals surface area contributed by atoms with E-state index in [2.05, 4.69) is 5.32 Å². The largest absolute Gasteiger partial charge is 0.388 e. The van der Waals surface area contributed by atoms with Crippen molar-refractivity contribution in [2.75, 3.05) is 29.9 Å². The van der Waals surface area contributed by atoms with Gasteiger partial charge in [-0.2, -0.15) is 0 Å². The first-order valence-electron chi connectivity index (χ1n) is 8.71. The fraction of sp³-hybridized carbons (Fsp3) is 0.611. The van der Waals surface area contributed by atoms with Crippen LogP contribution in [0.4, 0.5) is 20.6 Å². The number of aliphatic hydroxyl groups is 1. The first-order chi connectivity index (χ1) is 11.4. The lowest BCUT2D eigenvalue weighted by Gasteiger charge is -2.33. The van der Waals surface area contributed by atoms with E-state index in [1.807, 2.05) is 4.90 Å². The van der Waals surface area contributed by atoms with Crippen LogP contribution in [0.15, 0.2) is 18.2 Å². The number of nitrogens with zero attached hydrogens (tertiary/aromatic N) is 2. The molecule has 1 unspecified atom stereocenters. The number of likely N-dealkylation sites (tertiary alicyclic amines) is 1. The molecule has 1 aromatic carbocycles. The third kappa shape index (κ3) is 3.48. The number of anilines is 2. The molecule has 0 aromatic heterocycles. The second-order valence-corrected chi connectivity index (χ2v) is 7.30. The van der Waals surface area contributed by atoms with Gasteiger partial charge in [-0.05, 0) is 57.7 Å². The molecule has 0 radical (unpaired) electrons. The fourth-order valence-corrected chi connectivity index (χ4v) is 3.74. The Morgan fingerprint density at radius 2 is 1.96 bits per heavy atom. The summed E-state index contributed by atoms with van der Waals surface area (Å²) in [6, 6.07) is 4.34. The van der Waals surface area contributed by atoms with Crippen molar-refractivity contribution in [3.8, 4) is 0 Å². The van der Waals surface area contributed by atoms with Gasteiger partial charge in [0.1, 0.15) is 5.82 Å². The van der Waals surface area contributed by atoms with Gasteiger partial charge in [-0.15, -0.1) is 0 Å². The van der Waals surface area contributed by atoms with Crippen LogP contribution < -0.4 is 10.2 Å². The number of carbonyl (C=O) groups excluding carboxylic acids is 1. The highest BCUT2D eigenvalue weighted by Crippen LogP contribution is 2.29. The van der Waals surface area contributed by atoms with Crippen molar-refractivity contribution in [2.24, 2.45) is 0 Å². The SMILES string of the molecule is CC(C)(O)C1CCCN1C(=O)Nc1ccc(N2CCCC2)c(F)c1. The molecule has 2 saturated heterocycles. The summed E-state index contributed by atoms with van der Waals surface area (Å²) in [7, 11) is 0. The predicted molar refractivity (Wildman–Crippen MR) is 92.9 cm³/mol. The Bertz CT molecular complexity index is 609. The maximum Gasteiger partial charge on any atom is 0.322 e. The average molecular weight is 335 g/mol. The fourth-order valence-electron chi connectivity index (χ4n) is 3.74. The zero-order valence-corrected chi connectivity index (χ0v) is 14.4. The Labute approximate surface area is 142 Å². The minimum atomic E-state index is -0.946. The van der Waals surface area contributed by atoms with Crippen LogP contribution in [0.1, 0.15) is 39.5 Å². The van der Waals surface area contributed by atoms with E-state index in [1.165, 1.54) is 6.07 Å². The normalized spacial score (nSPS) is 21.4. The molecule has 2 amide bonds. The Hall–Kier alpha value is -1.82. The minimum absolute atomic E-state index is 0.216. The Morgan fingerprint density at radius 3 is 2.58 bits per heavy atom. The van der Waals surface area contributed by atoms with Gasteiger partial charge in [-0.3, -0.25) is 0 Å². The van der Waals surface area contributed by atoms with Gasteiger partial charge in [-0.1, -0.05) is 0 Å². The van der Waals surface area contributed by atoms with E-state index in [-0.39, 0.29) is 17.9 Å². The molecule has 3 rings (SSSR count). The summed E-state index contributed by atoms with van der Waals surface area (Å²) in [5.74, 6) is -0.310. The zero-order chi connectivity index (χ0) is 17.3. The van der Waals surface area contributed by atoms with Gasteiger partial charge in [0.05, 0.1) is 17.3 Å². The molecule has 0 bridgehead atoms. The Morgan fingerprint density at radius 1 is 1.25 bits per heavy atom. The number of nitrogens with one attached hydrogen (secondary N) is 1. The quantitative estimate of drug-likeness (QED) is 0.892. The third-order valence-corrected chi connectivity index (χ3v) is 4.97. The molecule has 2 aliphatic heterocycles. The van der Waals surface area contributed by atoms with Crippen LogP contribution in [-0.4, -0.2) is 47.3 Å². The van der Waals surface area contributed by atoms with Gasteiger partial charge in [0.25, 0.3) is 0 Å². The number of hydrogen-bond donors (Lipinski definition) is 2. The highest BCUT2D eigenvalue weighted by atomic mass is 19.1. The Kier molecular flexibility index (Phi) is 4.67. The second kappa shape index (κ2) is 6.59. The van der Waals surface area contributed by atoms with Crippen LogP contribution in [0.5, 0.6) is 0 Å². The van der Waals surface area contributed by atoms with Crippen LogP contribution in [0, 0.1) is 5.82 Å². The summed E-state index contributed by atoms with van der Waals surface area (Å²) < 4.78 is 14.3. The van der Waals surface area contributed by atoms with Crippen LogP contribution >= 0.6 is 0 Å². The number of amides is 2. The molecule has 132 valence electrons. The van der Waals surface area contributed by atoms with Crippen molar-refractivity contribution in [3.63, 3.8) is 0 Å². The number of urea groups is 1. The molecule has 2 fully saturated rings. The van der Waals surface area contributed by atoms with Crippen molar-refractivity contribution in [1.82, 2.24) is 4.90 Å². The van der Waals surface area contributed by atoms with E-state index in [4.69, 9.17) is 0 Å². The Balaban J connectivity index is 1.69. The molecule has 2 heterocycles. The molecule has 2 aliphatic rings. The zero-order valence-electron chi connectivity index (χ0n) is 14.4. The topological polar surface area (TPSA) is 55.8 Å². The van der Waals surface area contributed by atoms with Gasteiger partial charge >= 0.3 is 6.03 Å². The molecule has 6 heteroatoms. The summed E-state index contributed by atoms with van der Waals surface area (Å²) in [6.45, 7) is 5.80. The molecule has 2 N–H and O–H groups in total. The number of rotatable bonds is 3. The molecule has 0 saturated carbocycles. The summed E-state index contributed by atoms with van der Waals surface area (Å²) in [5, 5.41) is 13.0. The van der Waals surface area contributed by atoms with Crippen molar-refractivity contribution >= 4 is 17.4 Å². The maximum absolute atomic E-state index is 14.3. The van der Waals surface area contributed by atoms with E-state index in [0.29, 0.717) is 17.9 Å².